The number of hydrogen-bond acceptors (Lipinski definition) is 3. The summed E-state index contributed by atoms with van der Waals surface area (Å²) in [7, 11) is 4.37. The molecule has 0 aromatic heterocycles. The van der Waals surface area contributed by atoms with Gasteiger partial charge in [0, 0.05) is 37.4 Å². The fourth-order valence-electron chi connectivity index (χ4n) is 2.98. The average molecular weight is 310 g/mol. The van der Waals surface area contributed by atoms with Crippen LogP contribution in [0.2, 0.25) is 5.02 Å². The van der Waals surface area contributed by atoms with Crippen molar-refractivity contribution in [3.8, 4) is 0 Å². The molecule has 1 aliphatic rings. The van der Waals surface area contributed by atoms with Crippen molar-refractivity contribution in [2.24, 2.45) is 5.92 Å². The molecule has 1 fully saturated rings. The molecule has 1 unspecified atom stereocenters. The number of rotatable bonds is 7. The molecule has 2 rings (SSSR count). The molecule has 0 aliphatic carbocycles. The van der Waals surface area contributed by atoms with Gasteiger partial charge in [-0.05, 0) is 56.6 Å². The first-order valence-corrected chi connectivity index (χ1v) is 8.36. The van der Waals surface area contributed by atoms with Gasteiger partial charge >= 0.3 is 0 Å². The van der Waals surface area contributed by atoms with Crippen LogP contribution in [-0.4, -0.2) is 45.2 Å². The first kappa shape index (κ1) is 16.6. The average Bonchev–Trinajstić information content (AvgIpc) is 2.86. The molecule has 1 aromatic rings. The fraction of sp³-hybridized carbons (Fsp3) is 0.647. The molecular formula is C17H28ClN3. The second-order valence-electron chi connectivity index (χ2n) is 6.25. The van der Waals surface area contributed by atoms with Gasteiger partial charge in [0.25, 0.3) is 0 Å². The lowest BCUT2D eigenvalue weighted by atomic mass is 10.1. The van der Waals surface area contributed by atoms with Crippen LogP contribution in [-0.2, 0) is 6.54 Å². The highest BCUT2D eigenvalue weighted by Gasteiger charge is 2.21. The van der Waals surface area contributed by atoms with Crippen molar-refractivity contribution in [2.75, 3.05) is 45.2 Å². The Morgan fingerprint density at radius 1 is 1.43 bits per heavy atom. The van der Waals surface area contributed by atoms with E-state index in [2.05, 4.69) is 54.3 Å². The molecule has 4 heteroatoms. The number of anilines is 1. The molecule has 1 aliphatic heterocycles. The van der Waals surface area contributed by atoms with Crippen LogP contribution in [0.25, 0.3) is 0 Å². The molecule has 0 saturated carbocycles. The molecular weight excluding hydrogens is 282 g/mol. The molecule has 3 nitrogen and oxygen atoms in total. The zero-order valence-corrected chi connectivity index (χ0v) is 14.3. The van der Waals surface area contributed by atoms with Crippen molar-refractivity contribution in [1.29, 1.82) is 0 Å². The first-order chi connectivity index (χ1) is 10.1. The van der Waals surface area contributed by atoms with Gasteiger partial charge in [0.1, 0.15) is 0 Å². The second kappa shape index (κ2) is 8.02. The van der Waals surface area contributed by atoms with Crippen molar-refractivity contribution >= 4 is 17.3 Å². The summed E-state index contributed by atoms with van der Waals surface area (Å²) in [6, 6.07) is 6.44. The molecule has 1 saturated heterocycles. The zero-order valence-electron chi connectivity index (χ0n) is 13.5. The predicted molar refractivity (Wildman–Crippen MR) is 92.3 cm³/mol. The Kier molecular flexibility index (Phi) is 6.34. The van der Waals surface area contributed by atoms with Gasteiger partial charge in [-0.2, -0.15) is 0 Å². The van der Waals surface area contributed by atoms with E-state index in [0.29, 0.717) is 0 Å². The summed E-state index contributed by atoms with van der Waals surface area (Å²) in [5.74, 6) is 0.768. The lowest BCUT2D eigenvalue weighted by Gasteiger charge is -2.24. The zero-order chi connectivity index (χ0) is 15.2. The maximum atomic E-state index is 6.42. The van der Waals surface area contributed by atoms with Gasteiger partial charge in [-0.3, -0.25) is 0 Å². The van der Waals surface area contributed by atoms with E-state index in [-0.39, 0.29) is 0 Å². The van der Waals surface area contributed by atoms with Gasteiger partial charge in [-0.15, -0.1) is 0 Å². The molecule has 0 radical (unpaired) electrons. The monoisotopic (exact) mass is 309 g/mol. The van der Waals surface area contributed by atoms with E-state index in [1.165, 1.54) is 30.8 Å². The Bertz CT molecular complexity index is 450. The van der Waals surface area contributed by atoms with Crippen LogP contribution in [0.3, 0.4) is 0 Å². The Hall–Kier alpha value is -0.770. The third-order valence-electron chi connectivity index (χ3n) is 4.24. The van der Waals surface area contributed by atoms with E-state index >= 15 is 0 Å². The lowest BCUT2D eigenvalue weighted by Crippen LogP contribution is -2.27. The highest BCUT2D eigenvalue weighted by Crippen LogP contribution is 2.25. The minimum absolute atomic E-state index is 0.768. The van der Waals surface area contributed by atoms with E-state index < -0.39 is 0 Å². The number of nitrogens with zero attached hydrogens (tertiary/aromatic N) is 2. The summed E-state index contributed by atoms with van der Waals surface area (Å²) in [5.41, 5.74) is 2.40. The van der Waals surface area contributed by atoms with Crippen molar-refractivity contribution < 1.29 is 0 Å². The van der Waals surface area contributed by atoms with E-state index in [1.807, 2.05) is 0 Å². The maximum Gasteiger partial charge on any atom is 0.0471 e. The van der Waals surface area contributed by atoms with Gasteiger partial charge in [0.2, 0.25) is 0 Å². The normalized spacial score (nSPS) is 19.1. The van der Waals surface area contributed by atoms with Gasteiger partial charge in [0.05, 0.1) is 0 Å². The molecule has 1 atom stereocenters. The van der Waals surface area contributed by atoms with E-state index in [9.17, 15) is 0 Å². The number of likely N-dealkylation sites (tertiary alicyclic amines) is 1. The largest absolute Gasteiger partial charge is 0.374 e. The number of benzene rings is 1. The Labute approximate surface area is 134 Å². The van der Waals surface area contributed by atoms with Crippen LogP contribution < -0.4 is 10.2 Å². The standard InChI is InChI=1S/C17H28ClN3/c1-4-8-19-11-15-5-6-16(10-17(15)18)21(3)13-14-7-9-20(2)12-14/h5-6,10,14,19H,4,7-9,11-13H2,1-3H3. The summed E-state index contributed by atoms with van der Waals surface area (Å²) in [4.78, 5) is 4.74. The number of hydrogen-bond donors (Lipinski definition) is 1. The smallest absolute Gasteiger partial charge is 0.0471 e. The summed E-state index contributed by atoms with van der Waals surface area (Å²) in [6.07, 6.45) is 2.45. The topological polar surface area (TPSA) is 18.5 Å². The van der Waals surface area contributed by atoms with Crippen LogP contribution in [0, 0.1) is 5.92 Å². The highest BCUT2D eigenvalue weighted by molar-refractivity contribution is 6.31. The SMILES string of the molecule is CCCNCc1ccc(N(C)CC2CCN(C)C2)cc1Cl. The lowest BCUT2D eigenvalue weighted by molar-refractivity contribution is 0.396. The summed E-state index contributed by atoms with van der Waals surface area (Å²) in [6.45, 7) is 7.59. The van der Waals surface area contributed by atoms with Crippen LogP contribution in [0.1, 0.15) is 25.3 Å². The van der Waals surface area contributed by atoms with E-state index in [1.54, 1.807) is 0 Å². The molecule has 0 amide bonds. The third-order valence-corrected chi connectivity index (χ3v) is 4.59. The molecule has 1 N–H and O–H groups in total. The van der Waals surface area contributed by atoms with E-state index in [4.69, 9.17) is 11.6 Å². The summed E-state index contributed by atoms with van der Waals surface area (Å²) >= 11 is 6.42. The number of halogens is 1. The quantitative estimate of drug-likeness (QED) is 0.780. The molecule has 1 heterocycles. The number of nitrogens with one attached hydrogen (secondary N) is 1. The second-order valence-corrected chi connectivity index (χ2v) is 6.66. The molecule has 0 bridgehead atoms. The minimum Gasteiger partial charge on any atom is -0.374 e. The van der Waals surface area contributed by atoms with Crippen LogP contribution in [0.4, 0.5) is 5.69 Å². The van der Waals surface area contributed by atoms with Crippen LogP contribution >= 0.6 is 11.6 Å². The van der Waals surface area contributed by atoms with Crippen LogP contribution in [0.15, 0.2) is 18.2 Å². The van der Waals surface area contributed by atoms with Gasteiger partial charge in [-0.25, -0.2) is 0 Å². The fourth-order valence-corrected chi connectivity index (χ4v) is 3.23. The van der Waals surface area contributed by atoms with Crippen molar-refractivity contribution in [3.05, 3.63) is 28.8 Å². The third kappa shape index (κ3) is 4.87. The van der Waals surface area contributed by atoms with Crippen LogP contribution in [0.5, 0.6) is 0 Å². The Morgan fingerprint density at radius 2 is 2.24 bits per heavy atom. The molecule has 118 valence electrons. The molecule has 0 spiro atoms. The van der Waals surface area contributed by atoms with Gasteiger partial charge in [-0.1, -0.05) is 24.6 Å². The predicted octanol–water partition coefficient (Wildman–Crippen LogP) is 3.23. The van der Waals surface area contributed by atoms with Crippen molar-refractivity contribution in [1.82, 2.24) is 10.2 Å². The highest BCUT2D eigenvalue weighted by atomic mass is 35.5. The van der Waals surface area contributed by atoms with Gasteiger partial charge in [0.15, 0.2) is 0 Å². The molecule has 21 heavy (non-hydrogen) atoms. The van der Waals surface area contributed by atoms with Gasteiger partial charge < -0.3 is 15.1 Å². The minimum atomic E-state index is 0.768. The summed E-state index contributed by atoms with van der Waals surface area (Å²) < 4.78 is 0. The Morgan fingerprint density at radius 3 is 2.86 bits per heavy atom. The Balaban J connectivity index is 1.92. The summed E-state index contributed by atoms with van der Waals surface area (Å²) in [5, 5.41) is 4.27. The maximum absolute atomic E-state index is 6.42. The van der Waals surface area contributed by atoms with Crippen molar-refractivity contribution in [2.45, 2.75) is 26.3 Å². The molecule has 1 aromatic carbocycles. The van der Waals surface area contributed by atoms with Crippen molar-refractivity contribution in [3.63, 3.8) is 0 Å². The van der Waals surface area contributed by atoms with E-state index in [0.717, 1.165) is 37.0 Å². The first-order valence-electron chi connectivity index (χ1n) is 7.99.